The molecule has 1 aliphatic rings. The first-order valence-electron chi connectivity index (χ1n) is 11.5. The number of nitrogens with zero attached hydrogens (tertiary/aromatic N) is 2. The van der Waals surface area contributed by atoms with Gasteiger partial charge in [0.15, 0.2) is 0 Å². The van der Waals surface area contributed by atoms with Gasteiger partial charge in [0.2, 0.25) is 0 Å². The summed E-state index contributed by atoms with van der Waals surface area (Å²) in [5.41, 5.74) is 2.78. The van der Waals surface area contributed by atoms with Gasteiger partial charge in [0.05, 0.1) is 7.11 Å². The molecule has 1 amide bonds. The van der Waals surface area contributed by atoms with E-state index in [1.807, 2.05) is 18.2 Å². The van der Waals surface area contributed by atoms with Crippen LogP contribution < -0.4 is 10.1 Å². The molecule has 7 heteroatoms. The Morgan fingerprint density at radius 1 is 1.03 bits per heavy atom. The van der Waals surface area contributed by atoms with Gasteiger partial charge in [-0.2, -0.15) is 0 Å². The molecule has 0 spiro atoms. The highest BCUT2D eigenvalue weighted by Gasteiger charge is 2.36. The van der Waals surface area contributed by atoms with E-state index in [2.05, 4.69) is 51.6 Å². The minimum absolute atomic E-state index is 0.127. The second-order valence-electron chi connectivity index (χ2n) is 8.73. The molecule has 1 aliphatic heterocycles. The predicted octanol–water partition coefficient (Wildman–Crippen LogP) is 5.40. The molecule has 1 fully saturated rings. The van der Waals surface area contributed by atoms with Crippen LogP contribution in [0.4, 0.5) is 0 Å². The Morgan fingerprint density at radius 3 is 2.35 bits per heavy atom. The number of likely N-dealkylation sites (tertiary alicyclic amines) is 1. The molecule has 2 aromatic carbocycles. The van der Waals surface area contributed by atoms with E-state index in [-0.39, 0.29) is 21.6 Å². The van der Waals surface area contributed by atoms with Crippen LogP contribution in [0.2, 0.25) is 10.3 Å². The van der Waals surface area contributed by atoms with E-state index in [1.54, 1.807) is 19.2 Å². The fourth-order valence-corrected chi connectivity index (χ4v) is 5.16. The van der Waals surface area contributed by atoms with Crippen molar-refractivity contribution in [3.63, 3.8) is 0 Å². The third kappa shape index (κ3) is 5.90. The first-order chi connectivity index (χ1) is 16.5. The van der Waals surface area contributed by atoms with E-state index in [9.17, 15) is 4.79 Å². The third-order valence-corrected chi connectivity index (χ3v) is 7.09. The molecule has 1 aromatic heterocycles. The predicted molar refractivity (Wildman–Crippen MR) is 137 cm³/mol. The largest absolute Gasteiger partial charge is 0.496 e. The molecule has 0 aliphatic carbocycles. The topological polar surface area (TPSA) is 54.5 Å². The summed E-state index contributed by atoms with van der Waals surface area (Å²) in [7, 11) is 1.72. The first-order valence-corrected chi connectivity index (χ1v) is 12.3. The molecule has 2 heterocycles. The fourth-order valence-electron chi connectivity index (χ4n) is 4.70. The molecular weight excluding hydrogens is 469 g/mol. The molecule has 0 atom stereocenters. The maximum atomic E-state index is 12.9. The van der Waals surface area contributed by atoms with Crippen molar-refractivity contribution in [2.75, 3.05) is 33.3 Å². The smallest absolute Gasteiger partial charge is 0.251 e. The zero-order valence-electron chi connectivity index (χ0n) is 19.3. The number of carbonyl (C=O) groups is 1. The minimum atomic E-state index is -0.194. The standard InChI is InChI=1S/C27H29Cl2N3O2/c1-34-23-10-6-5-7-20(23)11-14-32-15-12-27(13-16-32,22-8-3-2-4-9-22)19-30-26(33)21-17-24(28)31-25(29)18-21/h2-10,17-18H,11-16,19H2,1H3,(H,30,33). The Labute approximate surface area is 211 Å². The number of para-hydroxylation sites is 1. The van der Waals surface area contributed by atoms with Crippen molar-refractivity contribution in [2.24, 2.45) is 0 Å². The summed E-state index contributed by atoms with van der Waals surface area (Å²) in [4.78, 5) is 19.3. The molecule has 0 unspecified atom stereocenters. The van der Waals surface area contributed by atoms with E-state index in [4.69, 9.17) is 27.9 Å². The Balaban J connectivity index is 1.42. The van der Waals surface area contributed by atoms with Gasteiger partial charge < -0.3 is 15.0 Å². The summed E-state index contributed by atoms with van der Waals surface area (Å²) in [6, 6.07) is 21.8. The highest BCUT2D eigenvalue weighted by molar-refractivity contribution is 6.33. The molecule has 178 valence electrons. The molecule has 0 radical (unpaired) electrons. The number of hydrogen-bond acceptors (Lipinski definition) is 4. The van der Waals surface area contributed by atoms with Crippen LogP contribution in [-0.2, 0) is 11.8 Å². The Bertz CT molecular complexity index is 1100. The Kier molecular flexibility index (Phi) is 8.09. The summed E-state index contributed by atoms with van der Waals surface area (Å²) < 4.78 is 5.50. The molecule has 1 N–H and O–H groups in total. The number of methoxy groups -OCH3 is 1. The quantitative estimate of drug-likeness (QED) is 0.423. The zero-order chi connectivity index (χ0) is 24.0. The van der Waals surface area contributed by atoms with Crippen LogP contribution in [-0.4, -0.2) is 49.1 Å². The van der Waals surface area contributed by atoms with Gasteiger partial charge in [-0.1, -0.05) is 71.7 Å². The number of halogens is 2. The zero-order valence-corrected chi connectivity index (χ0v) is 20.8. The van der Waals surface area contributed by atoms with Crippen molar-refractivity contribution in [3.05, 3.63) is 93.7 Å². The van der Waals surface area contributed by atoms with E-state index in [0.717, 1.165) is 44.6 Å². The van der Waals surface area contributed by atoms with E-state index >= 15 is 0 Å². The lowest BCUT2D eigenvalue weighted by Gasteiger charge is -2.42. The molecule has 0 saturated carbocycles. The normalized spacial score (nSPS) is 15.6. The van der Waals surface area contributed by atoms with Crippen molar-refractivity contribution in [1.82, 2.24) is 15.2 Å². The lowest BCUT2D eigenvalue weighted by atomic mass is 9.72. The summed E-state index contributed by atoms with van der Waals surface area (Å²) in [6.45, 7) is 3.46. The van der Waals surface area contributed by atoms with Crippen LogP contribution in [0.25, 0.3) is 0 Å². The number of nitrogens with one attached hydrogen (secondary N) is 1. The molecule has 1 saturated heterocycles. The van der Waals surface area contributed by atoms with Crippen molar-refractivity contribution in [3.8, 4) is 5.75 Å². The first kappa shape index (κ1) is 24.5. The number of benzene rings is 2. The summed E-state index contributed by atoms with van der Waals surface area (Å²) in [5, 5.41) is 3.55. The summed E-state index contributed by atoms with van der Waals surface area (Å²) >= 11 is 12.0. The summed E-state index contributed by atoms with van der Waals surface area (Å²) in [6.07, 6.45) is 2.87. The number of amides is 1. The Morgan fingerprint density at radius 2 is 1.68 bits per heavy atom. The van der Waals surface area contributed by atoms with Crippen molar-refractivity contribution in [1.29, 1.82) is 0 Å². The van der Waals surface area contributed by atoms with Crippen LogP contribution in [0.1, 0.15) is 34.3 Å². The molecule has 0 bridgehead atoms. The SMILES string of the molecule is COc1ccccc1CCN1CCC(CNC(=O)c2cc(Cl)nc(Cl)c2)(c2ccccc2)CC1. The maximum Gasteiger partial charge on any atom is 0.251 e. The lowest BCUT2D eigenvalue weighted by Crippen LogP contribution is -2.49. The number of ether oxygens (including phenoxy) is 1. The number of hydrogen-bond donors (Lipinski definition) is 1. The van der Waals surface area contributed by atoms with Gasteiger partial charge in [-0.05, 0) is 61.7 Å². The van der Waals surface area contributed by atoms with E-state index in [0.29, 0.717) is 12.1 Å². The fraction of sp³-hybridized carbons (Fsp3) is 0.333. The highest BCUT2D eigenvalue weighted by atomic mass is 35.5. The number of pyridine rings is 1. The third-order valence-electron chi connectivity index (χ3n) is 6.70. The van der Waals surface area contributed by atoms with Crippen LogP contribution in [0.5, 0.6) is 5.75 Å². The van der Waals surface area contributed by atoms with Crippen molar-refractivity contribution >= 4 is 29.1 Å². The minimum Gasteiger partial charge on any atom is -0.496 e. The molecule has 4 rings (SSSR count). The van der Waals surface area contributed by atoms with E-state index < -0.39 is 0 Å². The molecule has 5 nitrogen and oxygen atoms in total. The van der Waals surface area contributed by atoms with Crippen LogP contribution >= 0.6 is 23.2 Å². The van der Waals surface area contributed by atoms with Crippen molar-refractivity contribution < 1.29 is 9.53 Å². The van der Waals surface area contributed by atoms with Gasteiger partial charge in [-0.3, -0.25) is 4.79 Å². The average molecular weight is 498 g/mol. The molecular formula is C27H29Cl2N3O2. The number of carbonyl (C=O) groups excluding carboxylic acids is 1. The molecule has 34 heavy (non-hydrogen) atoms. The number of aromatic nitrogens is 1. The number of piperidine rings is 1. The van der Waals surface area contributed by atoms with Gasteiger partial charge in [0.25, 0.3) is 5.91 Å². The van der Waals surface area contributed by atoms with E-state index in [1.165, 1.54) is 11.1 Å². The van der Waals surface area contributed by atoms with Gasteiger partial charge in [0, 0.05) is 24.1 Å². The van der Waals surface area contributed by atoms with Crippen molar-refractivity contribution in [2.45, 2.75) is 24.7 Å². The monoisotopic (exact) mass is 497 g/mol. The molecule has 3 aromatic rings. The average Bonchev–Trinajstić information content (AvgIpc) is 2.87. The second-order valence-corrected chi connectivity index (χ2v) is 9.51. The van der Waals surface area contributed by atoms with Crippen LogP contribution in [0.15, 0.2) is 66.7 Å². The Hall–Kier alpha value is -2.60. The maximum absolute atomic E-state index is 12.9. The van der Waals surface area contributed by atoms with Crippen LogP contribution in [0, 0.1) is 0 Å². The van der Waals surface area contributed by atoms with Crippen LogP contribution in [0.3, 0.4) is 0 Å². The van der Waals surface area contributed by atoms with Gasteiger partial charge >= 0.3 is 0 Å². The highest BCUT2D eigenvalue weighted by Crippen LogP contribution is 2.35. The van der Waals surface area contributed by atoms with Gasteiger partial charge in [-0.25, -0.2) is 4.98 Å². The second kappa shape index (κ2) is 11.2. The number of rotatable bonds is 8. The van der Waals surface area contributed by atoms with Gasteiger partial charge in [-0.15, -0.1) is 0 Å². The van der Waals surface area contributed by atoms with Gasteiger partial charge in [0.1, 0.15) is 16.1 Å². The summed E-state index contributed by atoms with van der Waals surface area (Å²) in [5.74, 6) is 0.747. The lowest BCUT2D eigenvalue weighted by molar-refractivity contribution is 0.0922.